The predicted octanol–water partition coefficient (Wildman–Crippen LogP) is 11.4. The third-order valence-corrected chi connectivity index (χ3v) is 7.79. The van der Waals surface area contributed by atoms with Gasteiger partial charge in [-0.25, -0.2) is 8.78 Å². The molecule has 0 saturated heterocycles. The summed E-state index contributed by atoms with van der Waals surface area (Å²) in [5, 5.41) is 0. The van der Waals surface area contributed by atoms with Crippen molar-refractivity contribution in [1.29, 1.82) is 0 Å². The maximum absolute atomic E-state index is 14.7. The number of aryl methyl sites for hydroxylation is 2. The van der Waals surface area contributed by atoms with Gasteiger partial charge in [-0.05, 0) is 73.2 Å². The van der Waals surface area contributed by atoms with E-state index in [1.807, 2.05) is 24.3 Å². The highest BCUT2D eigenvalue weighted by atomic mass is 19.1. The predicted molar refractivity (Wildman–Crippen MR) is 175 cm³/mol. The van der Waals surface area contributed by atoms with Gasteiger partial charge in [0.05, 0.1) is 11.1 Å². The fourth-order valence-corrected chi connectivity index (χ4v) is 5.10. The third-order valence-electron chi connectivity index (χ3n) is 7.79. The average Bonchev–Trinajstić information content (AvgIpc) is 3.01. The van der Waals surface area contributed by atoms with Gasteiger partial charge in [-0.15, -0.1) is 0 Å². The summed E-state index contributed by atoms with van der Waals surface area (Å²) < 4.78 is 29.5. The topological polar surface area (TPSA) is 0 Å². The molecular weight excluding hydrogens is 518 g/mol. The van der Waals surface area contributed by atoms with Gasteiger partial charge >= 0.3 is 0 Å². The van der Waals surface area contributed by atoms with Gasteiger partial charge in [0.2, 0.25) is 0 Å². The summed E-state index contributed by atoms with van der Waals surface area (Å²) in [5.41, 5.74) is 4.24. The minimum atomic E-state index is -0.561. The van der Waals surface area contributed by atoms with Crippen LogP contribution in [0.2, 0.25) is 0 Å². The van der Waals surface area contributed by atoms with Gasteiger partial charge in [0, 0.05) is 11.1 Å². The Kier molecular flexibility index (Phi) is 15.6. The molecule has 3 aromatic rings. The molecule has 0 fully saturated rings. The molecular formula is C40H48F2. The maximum Gasteiger partial charge on any atom is 0.140 e. The van der Waals surface area contributed by atoms with Crippen molar-refractivity contribution in [3.05, 3.63) is 106 Å². The Morgan fingerprint density at radius 2 is 0.762 bits per heavy atom. The molecule has 0 radical (unpaired) electrons. The van der Waals surface area contributed by atoms with Crippen molar-refractivity contribution in [1.82, 2.24) is 0 Å². The summed E-state index contributed by atoms with van der Waals surface area (Å²) >= 11 is 0. The smallest absolute Gasteiger partial charge is 0.140 e. The molecule has 0 atom stereocenters. The Bertz CT molecular complexity index is 1310. The molecule has 0 bridgehead atoms. The highest BCUT2D eigenvalue weighted by molar-refractivity contribution is 5.49. The van der Waals surface area contributed by atoms with E-state index in [0.29, 0.717) is 0 Å². The second-order valence-corrected chi connectivity index (χ2v) is 11.4. The Morgan fingerprint density at radius 1 is 0.429 bits per heavy atom. The number of hydrogen-bond donors (Lipinski definition) is 0. The first kappa shape index (κ1) is 33.1. The van der Waals surface area contributed by atoms with Crippen molar-refractivity contribution in [2.24, 2.45) is 0 Å². The summed E-state index contributed by atoms with van der Waals surface area (Å²) in [6.45, 7) is 4.48. The summed E-state index contributed by atoms with van der Waals surface area (Å²) in [7, 11) is 0. The van der Waals surface area contributed by atoms with Crippen LogP contribution in [0, 0.1) is 35.3 Å². The number of hydrogen-bond acceptors (Lipinski definition) is 0. The minimum Gasteiger partial charge on any atom is -0.206 e. The van der Waals surface area contributed by atoms with Gasteiger partial charge < -0.3 is 0 Å². The lowest BCUT2D eigenvalue weighted by atomic mass is 10.0. The molecule has 0 N–H and O–H groups in total. The summed E-state index contributed by atoms with van der Waals surface area (Å²) in [6, 6.07) is 18.4. The molecule has 0 saturated carbocycles. The van der Waals surface area contributed by atoms with Crippen molar-refractivity contribution >= 4 is 0 Å². The van der Waals surface area contributed by atoms with Gasteiger partial charge in [0.15, 0.2) is 0 Å². The highest BCUT2D eigenvalue weighted by Gasteiger charge is 2.07. The number of unbranched alkanes of at least 4 members (excludes halogenated alkanes) is 12. The van der Waals surface area contributed by atoms with Crippen LogP contribution in [0.5, 0.6) is 0 Å². The van der Waals surface area contributed by atoms with E-state index in [1.165, 1.54) is 101 Å². The Hall–Kier alpha value is -3.36. The molecule has 3 aromatic carbocycles. The Balaban J connectivity index is 1.48. The fourth-order valence-electron chi connectivity index (χ4n) is 5.10. The van der Waals surface area contributed by atoms with E-state index in [1.54, 1.807) is 0 Å². The minimum absolute atomic E-state index is 0.0412. The molecule has 0 unspecified atom stereocenters. The molecule has 0 aromatic heterocycles. The summed E-state index contributed by atoms with van der Waals surface area (Å²) in [5.74, 6) is 10.4. The molecule has 42 heavy (non-hydrogen) atoms. The zero-order valence-electron chi connectivity index (χ0n) is 25.8. The number of benzene rings is 3. The normalized spacial score (nSPS) is 10.6. The van der Waals surface area contributed by atoms with E-state index in [0.717, 1.165) is 36.1 Å². The highest BCUT2D eigenvalue weighted by Crippen LogP contribution is 2.16. The summed E-state index contributed by atoms with van der Waals surface area (Å²) in [6.07, 6.45) is 20.3. The molecule has 2 heteroatoms. The molecule has 0 amide bonds. The van der Waals surface area contributed by atoms with E-state index < -0.39 is 11.6 Å². The van der Waals surface area contributed by atoms with Gasteiger partial charge in [0.25, 0.3) is 0 Å². The second-order valence-electron chi connectivity index (χ2n) is 11.4. The zero-order valence-corrected chi connectivity index (χ0v) is 25.8. The quantitative estimate of drug-likeness (QED) is 0.119. The molecule has 222 valence electrons. The number of halogens is 2. The molecule has 0 heterocycles. The van der Waals surface area contributed by atoms with Gasteiger partial charge in [0.1, 0.15) is 11.6 Å². The first-order valence-electron chi connectivity index (χ1n) is 16.3. The van der Waals surface area contributed by atoms with Crippen molar-refractivity contribution in [3.63, 3.8) is 0 Å². The first-order valence-corrected chi connectivity index (χ1v) is 16.3. The van der Waals surface area contributed by atoms with E-state index >= 15 is 0 Å². The lowest BCUT2D eigenvalue weighted by Gasteiger charge is -2.03. The fraction of sp³-hybridized carbons (Fsp3) is 0.450. The SMILES string of the molecule is CCCCCCCCCCc1ccc(C#Cc2cc(F)c(C#Cc3ccc(CCCCCCCC)cc3)cc2F)cc1. The van der Waals surface area contributed by atoms with Crippen molar-refractivity contribution < 1.29 is 8.78 Å². The van der Waals surface area contributed by atoms with Crippen molar-refractivity contribution in [2.75, 3.05) is 0 Å². The standard InChI is InChI=1S/C40H48F2/c1-3-5-7-9-11-12-14-16-18-34-21-25-36(26-22-34)28-30-38-32-39(41)37(31-40(38)42)29-27-35-23-19-33(20-24-35)17-15-13-10-8-6-4-2/h19-26,31-32H,3-18H2,1-2H3. The van der Waals surface area contributed by atoms with Crippen LogP contribution in [-0.4, -0.2) is 0 Å². The van der Waals surface area contributed by atoms with Crippen LogP contribution in [0.4, 0.5) is 8.78 Å². The van der Waals surface area contributed by atoms with E-state index in [2.05, 4.69) is 61.8 Å². The molecule has 0 aliphatic rings. The molecule has 0 aliphatic heterocycles. The van der Waals surface area contributed by atoms with E-state index in [4.69, 9.17) is 0 Å². The van der Waals surface area contributed by atoms with E-state index in [-0.39, 0.29) is 11.1 Å². The monoisotopic (exact) mass is 566 g/mol. The van der Waals surface area contributed by atoms with Crippen LogP contribution >= 0.6 is 0 Å². The molecule has 3 rings (SSSR count). The summed E-state index contributed by atoms with van der Waals surface area (Å²) in [4.78, 5) is 0. The molecule has 0 spiro atoms. The van der Waals surface area contributed by atoms with E-state index in [9.17, 15) is 8.78 Å². The van der Waals surface area contributed by atoms with Crippen LogP contribution in [0.1, 0.15) is 137 Å². The Labute approximate surface area is 254 Å². The average molecular weight is 567 g/mol. The Morgan fingerprint density at radius 3 is 1.12 bits per heavy atom. The second kappa shape index (κ2) is 19.7. The number of rotatable bonds is 16. The lowest BCUT2D eigenvalue weighted by Crippen LogP contribution is -1.92. The van der Waals surface area contributed by atoms with Crippen LogP contribution < -0.4 is 0 Å². The molecule has 0 aliphatic carbocycles. The van der Waals surface area contributed by atoms with Crippen LogP contribution in [0.15, 0.2) is 60.7 Å². The van der Waals surface area contributed by atoms with Crippen molar-refractivity contribution in [3.8, 4) is 23.7 Å². The zero-order chi connectivity index (χ0) is 29.8. The first-order chi connectivity index (χ1) is 20.6. The lowest BCUT2D eigenvalue weighted by molar-refractivity contribution is 0.575. The van der Waals surface area contributed by atoms with Crippen LogP contribution in [-0.2, 0) is 12.8 Å². The van der Waals surface area contributed by atoms with Crippen molar-refractivity contribution in [2.45, 2.75) is 117 Å². The molecule has 0 nitrogen and oxygen atoms in total. The van der Waals surface area contributed by atoms with Gasteiger partial charge in [-0.2, -0.15) is 0 Å². The van der Waals surface area contributed by atoms with Crippen LogP contribution in [0.25, 0.3) is 0 Å². The largest absolute Gasteiger partial charge is 0.206 e. The van der Waals surface area contributed by atoms with Gasteiger partial charge in [-0.3, -0.25) is 0 Å². The van der Waals surface area contributed by atoms with Gasteiger partial charge in [-0.1, -0.05) is 139 Å². The van der Waals surface area contributed by atoms with Crippen LogP contribution in [0.3, 0.4) is 0 Å². The maximum atomic E-state index is 14.7. The third kappa shape index (κ3) is 12.7.